The summed E-state index contributed by atoms with van der Waals surface area (Å²) in [4.78, 5) is 4.61. The van der Waals surface area contributed by atoms with Gasteiger partial charge in [0.2, 0.25) is 0 Å². The van der Waals surface area contributed by atoms with Crippen molar-refractivity contribution in [3.05, 3.63) is 33.9 Å². The van der Waals surface area contributed by atoms with Crippen LogP contribution in [0.3, 0.4) is 0 Å². The molecule has 2 aromatic rings. The largest absolute Gasteiger partial charge is 0.385 e. The number of anilines is 1. The van der Waals surface area contributed by atoms with Crippen LogP contribution >= 0.6 is 15.9 Å². The van der Waals surface area contributed by atoms with Crippen molar-refractivity contribution >= 4 is 32.5 Å². The number of nitrogens with one attached hydrogen (secondary N) is 1. The Labute approximate surface area is 104 Å². The quantitative estimate of drug-likeness (QED) is 0.897. The molecule has 16 heavy (non-hydrogen) atoms. The molecule has 2 rings (SSSR count). The molecule has 0 saturated heterocycles. The lowest BCUT2D eigenvalue weighted by Gasteiger charge is -2.12. The van der Waals surface area contributed by atoms with Crippen molar-refractivity contribution in [2.24, 2.45) is 0 Å². The molecule has 1 aromatic carbocycles. The van der Waals surface area contributed by atoms with Gasteiger partial charge in [0, 0.05) is 27.8 Å². The van der Waals surface area contributed by atoms with E-state index in [0.29, 0.717) is 0 Å². The molecule has 0 fully saturated rings. The third-order valence-corrected chi connectivity index (χ3v) is 3.27. The van der Waals surface area contributed by atoms with Gasteiger partial charge >= 0.3 is 0 Å². The summed E-state index contributed by atoms with van der Waals surface area (Å²) in [6.07, 6.45) is 0. The van der Waals surface area contributed by atoms with Gasteiger partial charge in [-0.05, 0) is 38.5 Å². The standard InChI is InChI=1S/C13H15BrN2/c1-4-15-11-7-9(3)16-13-8(2)5-6-10(14)12(11)13/h5-7H,4H2,1-3H3,(H,15,16). The molecule has 1 heterocycles. The fraction of sp³-hybridized carbons (Fsp3) is 0.308. The van der Waals surface area contributed by atoms with Crippen molar-refractivity contribution < 1.29 is 0 Å². The molecule has 0 spiro atoms. The lowest BCUT2D eigenvalue weighted by atomic mass is 10.1. The highest BCUT2D eigenvalue weighted by Crippen LogP contribution is 2.32. The van der Waals surface area contributed by atoms with Crippen LogP contribution in [0, 0.1) is 13.8 Å². The van der Waals surface area contributed by atoms with Gasteiger partial charge in [-0.2, -0.15) is 0 Å². The Hall–Kier alpha value is -1.09. The first-order chi connectivity index (χ1) is 7.63. The van der Waals surface area contributed by atoms with E-state index in [0.717, 1.165) is 27.9 Å². The molecule has 0 aliphatic rings. The first-order valence-corrected chi connectivity index (χ1v) is 6.23. The third-order valence-electron chi connectivity index (χ3n) is 2.61. The number of pyridine rings is 1. The minimum atomic E-state index is 0.916. The van der Waals surface area contributed by atoms with Gasteiger partial charge in [-0.15, -0.1) is 0 Å². The molecule has 84 valence electrons. The minimum Gasteiger partial charge on any atom is -0.385 e. The minimum absolute atomic E-state index is 0.916. The highest BCUT2D eigenvalue weighted by molar-refractivity contribution is 9.10. The molecule has 0 saturated carbocycles. The van der Waals surface area contributed by atoms with Crippen LogP contribution in [-0.4, -0.2) is 11.5 Å². The SMILES string of the molecule is CCNc1cc(C)nc2c(C)ccc(Br)c12. The molecule has 0 unspecified atom stereocenters. The topological polar surface area (TPSA) is 24.9 Å². The zero-order chi connectivity index (χ0) is 11.7. The van der Waals surface area contributed by atoms with Crippen molar-refractivity contribution in [2.75, 3.05) is 11.9 Å². The van der Waals surface area contributed by atoms with Crippen molar-refractivity contribution in [1.29, 1.82) is 0 Å². The molecule has 2 nitrogen and oxygen atoms in total. The van der Waals surface area contributed by atoms with E-state index in [4.69, 9.17) is 0 Å². The third kappa shape index (κ3) is 1.92. The number of rotatable bonds is 2. The van der Waals surface area contributed by atoms with Crippen molar-refractivity contribution in [3.8, 4) is 0 Å². The van der Waals surface area contributed by atoms with E-state index in [1.54, 1.807) is 0 Å². The molecule has 0 bridgehead atoms. The fourth-order valence-corrected chi connectivity index (χ4v) is 2.42. The van der Waals surface area contributed by atoms with Crippen molar-refractivity contribution in [1.82, 2.24) is 4.98 Å². The van der Waals surface area contributed by atoms with Crippen LogP contribution in [0.25, 0.3) is 10.9 Å². The zero-order valence-corrected chi connectivity index (χ0v) is 11.4. The molecule has 0 atom stereocenters. The van der Waals surface area contributed by atoms with Crippen LogP contribution in [0.4, 0.5) is 5.69 Å². The number of hydrogen-bond acceptors (Lipinski definition) is 2. The molecule has 3 heteroatoms. The van der Waals surface area contributed by atoms with E-state index < -0.39 is 0 Å². The molecule has 1 N–H and O–H groups in total. The maximum atomic E-state index is 4.61. The highest BCUT2D eigenvalue weighted by Gasteiger charge is 2.08. The van der Waals surface area contributed by atoms with Gasteiger partial charge in [-0.25, -0.2) is 0 Å². The second-order valence-corrected chi connectivity index (χ2v) is 4.78. The van der Waals surface area contributed by atoms with E-state index in [1.807, 2.05) is 6.92 Å². The number of fused-ring (bicyclic) bond motifs is 1. The number of halogens is 1. The molecule has 0 aliphatic carbocycles. The van der Waals surface area contributed by atoms with Crippen molar-refractivity contribution in [3.63, 3.8) is 0 Å². The Morgan fingerprint density at radius 3 is 2.75 bits per heavy atom. The first-order valence-electron chi connectivity index (χ1n) is 5.43. The van der Waals surface area contributed by atoms with Gasteiger partial charge in [0.1, 0.15) is 0 Å². The average Bonchev–Trinajstić information content (AvgIpc) is 2.23. The smallest absolute Gasteiger partial charge is 0.0766 e. The first kappa shape index (κ1) is 11.4. The molecule has 1 aromatic heterocycles. The van der Waals surface area contributed by atoms with Gasteiger partial charge in [-0.1, -0.05) is 22.0 Å². The molecule has 0 amide bonds. The normalized spacial score (nSPS) is 10.8. The lowest BCUT2D eigenvalue weighted by molar-refractivity contribution is 1.19. The van der Waals surface area contributed by atoms with E-state index in [9.17, 15) is 0 Å². The van der Waals surface area contributed by atoms with Gasteiger partial charge < -0.3 is 5.32 Å². The molecular formula is C13H15BrN2. The Bertz CT molecular complexity index is 535. The fourth-order valence-electron chi connectivity index (χ4n) is 1.89. The summed E-state index contributed by atoms with van der Waals surface area (Å²) in [5.74, 6) is 0. The Balaban J connectivity index is 2.83. The summed E-state index contributed by atoms with van der Waals surface area (Å²) in [5, 5.41) is 4.56. The van der Waals surface area contributed by atoms with Crippen LogP contribution in [0.15, 0.2) is 22.7 Å². The Morgan fingerprint density at radius 1 is 1.31 bits per heavy atom. The average molecular weight is 279 g/mol. The maximum absolute atomic E-state index is 4.61. The number of aromatic nitrogens is 1. The number of aryl methyl sites for hydroxylation is 2. The summed E-state index contributed by atoms with van der Waals surface area (Å²) in [6, 6.07) is 6.26. The Kier molecular flexibility index (Phi) is 3.15. The summed E-state index contributed by atoms with van der Waals surface area (Å²) < 4.78 is 1.09. The summed E-state index contributed by atoms with van der Waals surface area (Å²) in [6.45, 7) is 7.14. The summed E-state index contributed by atoms with van der Waals surface area (Å²) >= 11 is 3.60. The van der Waals surface area contributed by atoms with E-state index in [-0.39, 0.29) is 0 Å². The molecule has 0 radical (unpaired) electrons. The van der Waals surface area contributed by atoms with E-state index in [1.165, 1.54) is 10.9 Å². The van der Waals surface area contributed by atoms with Crippen LogP contribution in [-0.2, 0) is 0 Å². The van der Waals surface area contributed by atoms with Crippen molar-refractivity contribution in [2.45, 2.75) is 20.8 Å². The van der Waals surface area contributed by atoms with E-state index >= 15 is 0 Å². The molecule has 0 aliphatic heterocycles. The van der Waals surface area contributed by atoms with Crippen LogP contribution in [0.2, 0.25) is 0 Å². The summed E-state index contributed by atoms with van der Waals surface area (Å²) in [7, 11) is 0. The summed E-state index contributed by atoms with van der Waals surface area (Å²) in [5.41, 5.74) is 4.48. The van der Waals surface area contributed by atoms with E-state index in [2.05, 4.69) is 58.3 Å². The molecular weight excluding hydrogens is 264 g/mol. The highest BCUT2D eigenvalue weighted by atomic mass is 79.9. The second kappa shape index (κ2) is 4.42. The zero-order valence-electron chi connectivity index (χ0n) is 9.76. The predicted molar refractivity (Wildman–Crippen MR) is 73.1 cm³/mol. The maximum Gasteiger partial charge on any atom is 0.0766 e. The predicted octanol–water partition coefficient (Wildman–Crippen LogP) is 4.05. The monoisotopic (exact) mass is 278 g/mol. The second-order valence-electron chi connectivity index (χ2n) is 3.93. The van der Waals surface area contributed by atoms with Gasteiger partial charge in [0.25, 0.3) is 0 Å². The van der Waals surface area contributed by atoms with Crippen LogP contribution in [0.5, 0.6) is 0 Å². The van der Waals surface area contributed by atoms with Gasteiger partial charge in [-0.3, -0.25) is 4.98 Å². The lowest BCUT2D eigenvalue weighted by Crippen LogP contribution is -2.00. The van der Waals surface area contributed by atoms with Gasteiger partial charge in [0.15, 0.2) is 0 Å². The Morgan fingerprint density at radius 2 is 2.06 bits per heavy atom. The van der Waals surface area contributed by atoms with Gasteiger partial charge in [0.05, 0.1) is 5.52 Å². The van der Waals surface area contributed by atoms with Crippen LogP contribution < -0.4 is 5.32 Å². The number of hydrogen-bond donors (Lipinski definition) is 1. The number of nitrogens with zero attached hydrogens (tertiary/aromatic N) is 1. The number of benzene rings is 1. The van der Waals surface area contributed by atoms with Crippen LogP contribution in [0.1, 0.15) is 18.2 Å².